The van der Waals surface area contributed by atoms with E-state index in [9.17, 15) is 4.79 Å². The Morgan fingerprint density at radius 2 is 2.00 bits per heavy atom. The van der Waals surface area contributed by atoms with E-state index in [-0.39, 0.29) is 11.9 Å². The van der Waals surface area contributed by atoms with Crippen LogP contribution in [0.2, 0.25) is 5.02 Å². The number of amides is 1. The highest BCUT2D eigenvalue weighted by atomic mass is 35.5. The van der Waals surface area contributed by atoms with Gasteiger partial charge < -0.3 is 15.6 Å². The summed E-state index contributed by atoms with van der Waals surface area (Å²) in [7, 11) is 1.99. The van der Waals surface area contributed by atoms with Crippen LogP contribution in [0.15, 0.2) is 12.3 Å². The molecule has 4 nitrogen and oxygen atoms in total. The molecule has 5 heteroatoms. The summed E-state index contributed by atoms with van der Waals surface area (Å²) in [5.41, 5.74) is 0.533. The Morgan fingerprint density at radius 1 is 1.35 bits per heavy atom. The molecule has 2 rings (SSSR count). The minimum absolute atomic E-state index is 0.0650. The number of H-pyrrole nitrogens is 1. The number of hydrogen-bond acceptors (Lipinski definition) is 2. The molecule has 1 heterocycles. The van der Waals surface area contributed by atoms with Gasteiger partial charge in [0.1, 0.15) is 5.69 Å². The summed E-state index contributed by atoms with van der Waals surface area (Å²) in [4.78, 5) is 14.7. The molecule has 1 amide bonds. The lowest BCUT2D eigenvalue weighted by Gasteiger charge is -2.28. The Kier molecular flexibility index (Phi) is 4.07. The van der Waals surface area contributed by atoms with Crippen LogP contribution in [0.3, 0.4) is 0 Å². The number of halogens is 1. The van der Waals surface area contributed by atoms with Crippen LogP contribution in [-0.2, 0) is 0 Å². The van der Waals surface area contributed by atoms with Crippen molar-refractivity contribution in [2.24, 2.45) is 0 Å². The van der Waals surface area contributed by atoms with Crippen LogP contribution in [0.1, 0.15) is 36.2 Å². The zero-order valence-corrected chi connectivity index (χ0v) is 10.7. The van der Waals surface area contributed by atoms with Crippen molar-refractivity contribution in [3.8, 4) is 0 Å². The van der Waals surface area contributed by atoms with Gasteiger partial charge in [-0.2, -0.15) is 0 Å². The van der Waals surface area contributed by atoms with Crippen LogP contribution < -0.4 is 10.6 Å². The van der Waals surface area contributed by atoms with Crippen molar-refractivity contribution < 1.29 is 4.79 Å². The van der Waals surface area contributed by atoms with Crippen molar-refractivity contribution in [3.05, 3.63) is 23.0 Å². The summed E-state index contributed by atoms with van der Waals surface area (Å²) < 4.78 is 0. The van der Waals surface area contributed by atoms with Crippen LogP contribution in [-0.4, -0.2) is 30.0 Å². The van der Waals surface area contributed by atoms with Crippen molar-refractivity contribution >= 4 is 17.5 Å². The first kappa shape index (κ1) is 12.5. The van der Waals surface area contributed by atoms with E-state index in [2.05, 4.69) is 15.6 Å². The van der Waals surface area contributed by atoms with Gasteiger partial charge in [-0.25, -0.2) is 0 Å². The summed E-state index contributed by atoms with van der Waals surface area (Å²) in [6.07, 6.45) is 5.92. The third-order valence-electron chi connectivity index (χ3n) is 3.36. The van der Waals surface area contributed by atoms with Gasteiger partial charge in [0.25, 0.3) is 5.91 Å². The third kappa shape index (κ3) is 3.23. The Labute approximate surface area is 106 Å². The molecule has 0 radical (unpaired) electrons. The largest absolute Gasteiger partial charge is 0.356 e. The Hall–Kier alpha value is -1.00. The van der Waals surface area contributed by atoms with Crippen LogP contribution in [0.4, 0.5) is 0 Å². The Balaban J connectivity index is 1.84. The molecule has 0 saturated heterocycles. The highest BCUT2D eigenvalue weighted by Gasteiger charge is 2.21. The minimum atomic E-state index is -0.0650. The quantitative estimate of drug-likeness (QED) is 0.773. The molecule has 1 aliphatic carbocycles. The summed E-state index contributed by atoms with van der Waals surface area (Å²) in [5, 5.41) is 6.88. The number of carbonyl (C=O) groups is 1. The van der Waals surface area contributed by atoms with Crippen molar-refractivity contribution in [3.63, 3.8) is 0 Å². The number of nitrogens with one attached hydrogen (secondary N) is 3. The van der Waals surface area contributed by atoms with E-state index in [1.165, 1.54) is 0 Å². The predicted molar refractivity (Wildman–Crippen MR) is 68.4 cm³/mol. The van der Waals surface area contributed by atoms with Crippen LogP contribution in [0, 0.1) is 0 Å². The lowest BCUT2D eigenvalue weighted by molar-refractivity contribution is 0.0920. The second-order valence-electron chi connectivity index (χ2n) is 4.54. The Bertz CT molecular complexity index is 383. The maximum Gasteiger partial charge on any atom is 0.267 e. The number of aromatic amines is 1. The van der Waals surface area contributed by atoms with Crippen molar-refractivity contribution in [1.29, 1.82) is 0 Å². The van der Waals surface area contributed by atoms with Gasteiger partial charge >= 0.3 is 0 Å². The van der Waals surface area contributed by atoms with Crippen molar-refractivity contribution in [1.82, 2.24) is 15.6 Å². The number of hydrogen-bond donors (Lipinski definition) is 3. The van der Waals surface area contributed by atoms with E-state index in [0.717, 1.165) is 25.7 Å². The molecule has 3 N–H and O–H groups in total. The van der Waals surface area contributed by atoms with Gasteiger partial charge in [-0.1, -0.05) is 11.6 Å². The first-order valence-corrected chi connectivity index (χ1v) is 6.39. The summed E-state index contributed by atoms with van der Waals surface area (Å²) in [6, 6.07) is 2.54. The third-order valence-corrected chi connectivity index (χ3v) is 3.58. The molecular formula is C12H18ClN3O. The zero-order chi connectivity index (χ0) is 12.3. The average molecular weight is 256 g/mol. The van der Waals surface area contributed by atoms with Crippen LogP contribution >= 0.6 is 11.6 Å². The first-order chi connectivity index (χ1) is 8.19. The molecule has 0 unspecified atom stereocenters. The number of rotatable bonds is 3. The molecule has 1 fully saturated rings. The maximum absolute atomic E-state index is 11.9. The fourth-order valence-electron chi connectivity index (χ4n) is 2.29. The van der Waals surface area contributed by atoms with Crippen molar-refractivity contribution in [2.45, 2.75) is 37.8 Å². The van der Waals surface area contributed by atoms with Crippen molar-refractivity contribution in [2.75, 3.05) is 7.05 Å². The molecule has 94 valence electrons. The zero-order valence-electron chi connectivity index (χ0n) is 9.92. The van der Waals surface area contributed by atoms with Gasteiger partial charge in [0, 0.05) is 18.3 Å². The van der Waals surface area contributed by atoms with E-state index < -0.39 is 0 Å². The monoisotopic (exact) mass is 255 g/mol. The van der Waals surface area contributed by atoms with Gasteiger partial charge in [0.05, 0.1) is 5.02 Å². The molecule has 1 aromatic heterocycles. The minimum Gasteiger partial charge on any atom is -0.356 e. The fourth-order valence-corrected chi connectivity index (χ4v) is 2.45. The topological polar surface area (TPSA) is 56.9 Å². The molecular weight excluding hydrogens is 238 g/mol. The standard InChI is InChI=1S/C12H18ClN3O/c1-14-9-2-4-10(5-3-9)16-12(17)11-6-8(13)7-15-11/h6-7,9-10,14-15H,2-5H2,1H3,(H,16,17). The van der Waals surface area contributed by atoms with E-state index in [0.29, 0.717) is 16.8 Å². The molecule has 0 spiro atoms. The maximum atomic E-state index is 11.9. The lowest BCUT2D eigenvalue weighted by atomic mass is 9.91. The lowest BCUT2D eigenvalue weighted by Crippen LogP contribution is -2.41. The number of aromatic nitrogens is 1. The molecule has 0 bridgehead atoms. The number of carbonyl (C=O) groups excluding carboxylic acids is 1. The van der Waals surface area contributed by atoms with Gasteiger partial charge in [0.15, 0.2) is 0 Å². The van der Waals surface area contributed by atoms with E-state index in [1.807, 2.05) is 7.05 Å². The van der Waals surface area contributed by atoms with E-state index in [1.54, 1.807) is 12.3 Å². The average Bonchev–Trinajstić information content (AvgIpc) is 2.77. The highest BCUT2D eigenvalue weighted by molar-refractivity contribution is 6.30. The SMILES string of the molecule is CNC1CCC(NC(=O)c2cc(Cl)c[nH]2)CC1. The molecule has 0 atom stereocenters. The van der Waals surface area contributed by atoms with E-state index in [4.69, 9.17) is 11.6 Å². The van der Waals surface area contributed by atoms with Gasteiger partial charge in [-0.15, -0.1) is 0 Å². The van der Waals surface area contributed by atoms with Crippen LogP contribution in [0.5, 0.6) is 0 Å². The predicted octanol–water partition coefficient (Wildman–Crippen LogP) is 1.93. The second kappa shape index (κ2) is 5.56. The first-order valence-electron chi connectivity index (χ1n) is 6.01. The molecule has 0 aliphatic heterocycles. The molecule has 1 aliphatic rings. The summed E-state index contributed by atoms with van der Waals surface area (Å²) in [5.74, 6) is -0.0650. The van der Waals surface area contributed by atoms with Gasteiger partial charge in [-0.05, 0) is 38.8 Å². The molecule has 1 aromatic rings. The smallest absolute Gasteiger partial charge is 0.267 e. The van der Waals surface area contributed by atoms with Gasteiger partial charge in [-0.3, -0.25) is 4.79 Å². The molecule has 17 heavy (non-hydrogen) atoms. The molecule has 0 aromatic carbocycles. The van der Waals surface area contributed by atoms with Gasteiger partial charge in [0.2, 0.25) is 0 Å². The van der Waals surface area contributed by atoms with E-state index >= 15 is 0 Å². The Morgan fingerprint density at radius 3 is 2.53 bits per heavy atom. The second-order valence-corrected chi connectivity index (χ2v) is 4.98. The van der Waals surface area contributed by atoms with Crippen LogP contribution in [0.25, 0.3) is 0 Å². The summed E-state index contributed by atoms with van der Waals surface area (Å²) in [6.45, 7) is 0. The highest BCUT2D eigenvalue weighted by Crippen LogP contribution is 2.19. The normalized spacial score (nSPS) is 24.6. The fraction of sp³-hybridized carbons (Fsp3) is 0.583. The summed E-state index contributed by atoms with van der Waals surface area (Å²) >= 11 is 5.77. The molecule has 1 saturated carbocycles.